The number of carbonyl (C=O) groups excluding carboxylic acids is 2. The van der Waals surface area contributed by atoms with Gasteiger partial charge in [-0.25, -0.2) is 4.79 Å². The average molecular weight is 485 g/mol. The summed E-state index contributed by atoms with van der Waals surface area (Å²) < 4.78 is 16.5. The highest BCUT2D eigenvalue weighted by molar-refractivity contribution is 6.18. The van der Waals surface area contributed by atoms with Crippen LogP contribution < -0.4 is 0 Å². The largest absolute Gasteiger partial charge is 0.472 e. The van der Waals surface area contributed by atoms with Gasteiger partial charge < -0.3 is 24.2 Å². The Morgan fingerprint density at radius 3 is 2.63 bits per heavy atom. The Morgan fingerprint density at radius 1 is 1.26 bits per heavy atom. The van der Waals surface area contributed by atoms with Gasteiger partial charge in [0.15, 0.2) is 5.66 Å². The molecule has 3 aliphatic heterocycles. The molecule has 3 aliphatic rings. The van der Waals surface area contributed by atoms with Crippen molar-refractivity contribution in [3.63, 3.8) is 0 Å². The zero-order chi connectivity index (χ0) is 25.5. The minimum atomic E-state index is -0.957. The predicted molar refractivity (Wildman–Crippen MR) is 132 cm³/mol. The van der Waals surface area contributed by atoms with Crippen LogP contribution in [-0.4, -0.2) is 83.3 Å². The second-order valence-corrected chi connectivity index (χ2v) is 10.5. The van der Waals surface area contributed by atoms with E-state index in [1.807, 2.05) is 25.7 Å². The molecule has 1 fully saturated rings. The molecule has 0 bridgehead atoms. The van der Waals surface area contributed by atoms with Crippen LogP contribution in [0.15, 0.2) is 39.1 Å². The smallest absolute Gasteiger partial charge is 0.330 e. The lowest BCUT2D eigenvalue weighted by atomic mass is 9.78. The third-order valence-corrected chi connectivity index (χ3v) is 7.13. The summed E-state index contributed by atoms with van der Waals surface area (Å²) in [6.45, 7) is 13.6. The van der Waals surface area contributed by atoms with Gasteiger partial charge in [0.2, 0.25) is 0 Å². The fraction of sp³-hybridized carbons (Fsp3) is 0.615. The molecule has 190 valence electrons. The molecule has 1 aromatic rings. The molecule has 0 aliphatic carbocycles. The van der Waals surface area contributed by atoms with Gasteiger partial charge in [0.25, 0.3) is 5.91 Å². The van der Waals surface area contributed by atoms with E-state index in [4.69, 9.17) is 18.9 Å². The maximum atomic E-state index is 13.2. The Bertz CT molecular complexity index is 1070. The van der Waals surface area contributed by atoms with Gasteiger partial charge in [0, 0.05) is 37.3 Å². The molecule has 1 N–H and O–H groups in total. The number of dihydropyridines is 1. The molecule has 0 saturated carbocycles. The zero-order valence-corrected chi connectivity index (χ0v) is 21.5. The second kappa shape index (κ2) is 9.35. The van der Waals surface area contributed by atoms with Gasteiger partial charge in [-0.1, -0.05) is 13.8 Å². The quantitative estimate of drug-likeness (QED) is 0.643. The molecule has 0 radical (unpaired) electrons. The average Bonchev–Trinajstić information content (AvgIpc) is 3.35. The highest BCUT2D eigenvalue weighted by Crippen LogP contribution is 2.40. The number of esters is 1. The fourth-order valence-corrected chi connectivity index (χ4v) is 5.17. The van der Waals surface area contributed by atoms with E-state index < -0.39 is 17.7 Å². The lowest BCUT2D eigenvalue weighted by molar-refractivity contribution is -0.151. The number of ether oxygens (including phenoxy) is 2. The first-order valence-corrected chi connectivity index (χ1v) is 12.3. The number of nitrogens with zero attached hydrogens (tertiary/aromatic N) is 3. The zero-order valence-electron chi connectivity index (χ0n) is 21.5. The molecule has 4 heterocycles. The van der Waals surface area contributed by atoms with E-state index >= 15 is 0 Å². The van der Waals surface area contributed by atoms with Gasteiger partial charge >= 0.3 is 5.97 Å². The normalized spacial score (nSPS) is 27.1. The first-order chi connectivity index (χ1) is 16.5. The molecule has 1 aromatic heterocycles. The summed E-state index contributed by atoms with van der Waals surface area (Å²) in [5.41, 5.74) is 2.44. The standard InChI is InChI=1S/C26H36N4O5/c1-7-34-24(32)20-13-29(9-10-30(20)23(31)17-8-11-33-14-17)26(6)22(27)18-12-25(4,5)35-15-19(18)21(28-26)16(2)3/h8,11,14,16,20,27H,7,9-10,12-13,15H2,1-6H3. The molecular formula is C26H36N4O5. The first kappa shape index (κ1) is 25.3. The molecule has 1 saturated heterocycles. The first-order valence-electron chi connectivity index (χ1n) is 12.3. The van der Waals surface area contributed by atoms with Crippen molar-refractivity contribution in [1.29, 1.82) is 5.41 Å². The lowest BCUT2D eigenvalue weighted by Gasteiger charge is -2.50. The third kappa shape index (κ3) is 4.59. The number of furan rings is 1. The summed E-state index contributed by atoms with van der Waals surface area (Å²) in [5, 5.41) is 9.24. The molecule has 0 aromatic carbocycles. The molecule has 9 nitrogen and oxygen atoms in total. The maximum Gasteiger partial charge on any atom is 0.330 e. The molecule has 2 atom stereocenters. The molecule has 9 heteroatoms. The molecule has 1 amide bonds. The SMILES string of the molecule is CCOC(=O)C1CN(C2(C)N=C(C(C)C)C3=C(CC(C)(C)OC3)C2=N)CCN1C(=O)c1ccoc1. The summed E-state index contributed by atoms with van der Waals surface area (Å²) in [6.07, 6.45) is 3.45. The minimum Gasteiger partial charge on any atom is -0.472 e. The van der Waals surface area contributed by atoms with Crippen molar-refractivity contribution in [3.8, 4) is 0 Å². The number of aliphatic imine (C=N–C) groups is 1. The van der Waals surface area contributed by atoms with E-state index in [1.54, 1.807) is 17.9 Å². The number of amides is 1. The van der Waals surface area contributed by atoms with E-state index in [9.17, 15) is 15.0 Å². The number of piperazine rings is 1. The number of hydrogen-bond donors (Lipinski definition) is 1. The Labute approximate surface area is 206 Å². The van der Waals surface area contributed by atoms with Crippen molar-refractivity contribution >= 4 is 23.3 Å². The van der Waals surface area contributed by atoms with Crippen molar-refractivity contribution < 1.29 is 23.5 Å². The number of nitrogens with one attached hydrogen (secondary N) is 1. The van der Waals surface area contributed by atoms with Crippen LogP contribution in [0.4, 0.5) is 0 Å². The summed E-state index contributed by atoms with van der Waals surface area (Å²) >= 11 is 0. The lowest BCUT2D eigenvalue weighted by Crippen LogP contribution is -2.66. The highest BCUT2D eigenvalue weighted by atomic mass is 16.5. The van der Waals surface area contributed by atoms with Crippen LogP contribution in [0.5, 0.6) is 0 Å². The molecular weight excluding hydrogens is 448 g/mol. The van der Waals surface area contributed by atoms with E-state index in [1.165, 1.54) is 12.5 Å². The number of carbonyl (C=O) groups is 2. The van der Waals surface area contributed by atoms with Crippen LogP contribution in [0, 0.1) is 11.3 Å². The van der Waals surface area contributed by atoms with Gasteiger partial charge in [-0.2, -0.15) is 0 Å². The number of hydrogen-bond acceptors (Lipinski definition) is 8. The summed E-state index contributed by atoms with van der Waals surface area (Å²) in [4.78, 5) is 34.9. The fourth-order valence-electron chi connectivity index (χ4n) is 5.17. The van der Waals surface area contributed by atoms with Crippen LogP contribution in [0.2, 0.25) is 0 Å². The Hall–Kier alpha value is -2.78. The maximum absolute atomic E-state index is 13.2. The van der Waals surface area contributed by atoms with Gasteiger partial charge in [-0.3, -0.25) is 14.7 Å². The number of rotatable bonds is 5. The van der Waals surface area contributed by atoms with E-state index in [0.29, 0.717) is 37.4 Å². The topological polar surface area (TPSA) is 108 Å². The van der Waals surface area contributed by atoms with Gasteiger partial charge in [0.05, 0.1) is 36.4 Å². The summed E-state index contributed by atoms with van der Waals surface area (Å²) in [6, 6.07) is 0.782. The van der Waals surface area contributed by atoms with Crippen LogP contribution in [0.3, 0.4) is 0 Å². The molecule has 35 heavy (non-hydrogen) atoms. The predicted octanol–water partition coefficient (Wildman–Crippen LogP) is 3.31. The molecule has 4 rings (SSSR count). The van der Waals surface area contributed by atoms with Crippen LogP contribution in [-0.2, 0) is 14.3 Å². The van der Waals surface area contributed by atoms with Crippen LogP contribution >= 0.6 is 0 Å². The van der Waals surface area contributed by atoms with Gasteiger partial charge in [-0.05, 0) is 45.3 Å². The van der Waals surface area contributed by atoms with Crippen LogP contribution in [0.25, 0.3) is 0 Å². The van der Waals surface area contributed by atoms with Crippen molar-refractivity contribution in [1.82, 2.24) is 9.80 Å². The minimum absolute atomic E-state index is 0.155. The van der Waals surface area contributed by atoms with Crippen LogP contribution in [0.1, 0.15) is 58.3 Å². The van der Waals surface area contributed by atoms with Crippen molar-refractivity contribution in [3.05, 3.63) is 35.3 Å². The van der Waals surface area contributed by atoms with E-state index in [2.05, 4.69) is 13.8 Å². The third-order valence-electron chi connectivity index (χ3n) is 7.13. The Morgan fingerprint density at radius 2 is 2.00 bits per heavy atom. The van der Waals surface area contributed by atoms with Gasteiger partial charge in [-0.15, -0.1) is 0 Å². The van der Waals surface area contributed by atoms with E-state index in [0.717, 1.165) is 16.9 Å². The van der Waals surface area contributed by atoms with Crippen molar-refractivity contribution in [2.24, 2.45) is 10.9 Å². The molecule has 2 unspecified atom stereocenters. The summed E-state index contributed by atoms with van der Waals surface area (Å²) in [5.74, 6) is -0.579. The van der Waals surface area contributed by atoms with Crippen molar-refractivity contribution in [2.45, 2.75) is 65.3 Å². The highest BCUT2D eigenvalue weighted by Gasteiger charge is 2.49. The monoisotopic (exact) mass is 484 g/mol. The second-order valence-electron chi connectivity index (χ2n) is 10.5. The summed E-state index contributed by atoms with van der Waals surface area (Å²) in [7, 11) is 0. The van der Waals surface area contributed by atoms with Crippen molar-refractivity contribution in [2.75, 3.05) is 32.8 Å². The molecule has 0 spiro atoms. The van der Waals surface area contributed by atoms with E-state index in [-0.39, 0.29) is 30.6 Å². The Kier molecular flexibility index (Phi) is 6.76. The van der Waals surface area contributed by atoms with Gasteiger partial charge in [0.1, 0.15) is 12.3 Å². The Balaban J connectivity index is 1.68.